The van der Waals surface area contributed by atoms with Gasteiger partial charge in [-0.2, -0.15) is 5.10 Å². The van der Waals surface area contributed by atoms with Crippen molar-refractivity contribution in [2.24, 2.45) is 0 Å². The van der Waals surface area contributed by atoms with Crippen LogP contribution in [0.2, 0.25) is 0 Å². The lowest BCUT2D eigenvalue weighted by atomic mass is 10.1. The molecule has 0 spiro atoms. The summed E-state index contributed by atoms with van der Waals surface area (Å²) in [7, 11) is 5.12. The number of benzene rings is 1. The molecule has 0 saturated carbocycles. The number of hydrogen-bond acceptors (Lipinski definition) is 8. The van der Waals surface area contributed by atoms with Gasteiger partial charge in [-0.1, -0.05) is 12.1 Å². The molecule has 4 rings (SSSR count). The molecule has 0 bridgehead atoms. The summed E-state index contributed by atoms with van der Waals surface area (Å²) in [6.07, 6.45) is 1.20. The normalized spacial score (nSPS) is 13.1. The van der Waals surface area contributed by atoms with E-state index in [2.05, 4.69) is 31.1 Å². The van der Waals surface area contributed by atoms with Gasteiger partial charge in [0.1, 0.15) is 11.5 Å². The van der Waals surface area contributed by atoms with E-state index in [1.807, 2.05) is 0 Å². The van der Waals surface area contributed by atoms with Gasteiger partial charge in [-0.25, -0.2) is 14.9 Å². The monoisotopic (exact) mass is 475 g/mol. The predicted octanol–water partition coefficient (Wildman–Crippen LogP) is 0.614. The third-order valence-corrected chi connectivity index (χ3v) is 5.23. The molecule has 13 heteroatoms. The average Bonchev–Trinajstić information content (AvgIpc) is 2.84. The van der Waals surface area contributed by atoms with Crippen molar-refractivity contribution in [1.29, 1.82) is 0 Å². The summed E-state index contributed by atoms with van der Waals surface area (Å²) in [5.74, 6) is -0.0163. The van der Waals surface area contributed by atoms with Gasteiger partial charge in [0.25, 0.3) is 19.5 Å². The molecule has 2 radical (unpaired) electrons. The summed E-state index contributed by atoms with van der Waals surface area (Å²) in [5, 5.41) is 23.6. The van der Waals surface area contributed by atoms with Crippen LogP contribution in [0, 0.1) is 0 Å². The Bertz CT molecular complexity index is 1260. The largest absolute Gasteiger partial charge is 0.442 e. The number of H-pyrrole nitrogens is 1. The zero-order chi connectivity index (χ0) is 24.8. The fraction of sp³-hybridized carbons (Fsp3) is 0.227. The standard InChI is InChI=1S/C22H22BN7O5/c23-35-16-11-30(12-16)22(34)26-15-3-1-2-13(8-15)17-9-18(21(33)29-28-17)27-19-5-4-14(10-25-19)20(32)24-6-7-31/h1-5,8-10,16,31H,6-7,11-12H2,(H,24,32)(H,26,34)(H,29,33)(H,25,27,28). The van der Waals surface area contributed by atoms with E-state index in [-0.39, 0.29) is 36.9 Å². The summed E-state index contributed by atoms with van der Waals surface area (Å²) in [6, 6.07) is 11.4. The number of pyridine rings is 1. The average molecular weight is 475 g/mol. The molecule has 5 N–H and O–H groups in total. The zero-order valence-corrected chi connectivity index (χ0v) is 18.5. The Morgan fingerprint density at radius 3 is 2.77 bits per heavy atom. The highest BCUT2D eigenvalue weighted by atomic mass is 16.4. The van der Waals surface area contributed by atoms with Gasteiger partial charge in [-0.3, -0.25) is 9.59 Å². The van der Waals surface area contributed by atoms with Crippen LogP contribution in [0.3, 0.4) is 0 Å². The summed E-state index contributed by atoms with van der Waals surface area (Å²) >= 11 is 0. The molecule has 1 fully saturated rings. The first-order valence-corrected chi connectivity index (χ1v) is 10.7. The molecule has 0 aliphatic carbocycles. The number of amides is 3. The van der Waals surface area contributed by atoms with Gasteiger partial charge in [0, 0.05) is 37.1 Å². The van der Waals surface area contributed by atoms with Crippen molar-refractivity contribution in [2.75, 3.05) is 36.9 Å². The molecular weight excluding hydrogens is 453 g/mol. The quantitative estimate of drug-likeness (QED) is 0.296. The van der Waals surface area contributed by atoms with Crippen LogP contribution < -0.4 is 21.5 Å². The van der Waals surface area contributed by atoms with Crippen molar-refractivity contribution in [3.63, 3.8) is 0 Å². The predicted molar refractivity (Wildman–Crippen MR) is 128 cm³/mol. The second-order valence-electron chi connectivity index (χ2n) is 7.71. The number of carbonyl (C=O) groups is 2. The van der Waals surface area contributed by atoms with E-state index < -0.39 is 5.56 Å². The van der Waals surface area contributed by atoms with Gasteiger partial charge in [-0.15, -0.1) is 0 Å². The Morgan fingerprint density at radius 2 is 2.06 bits per heavy atom. The van der Waals surface area contributed by atoms with Gasteiger partial charge in [0.05, 0.1) is 24.0 Å². The first kappa shape index (κ1) is 23.9. The number of aromatic amines is 1. The van der Waals surface area contributed by atoms with Gasteiger partial charge < -0.3 is 30.6 Å². The lowest BCUT2D eigenvalue weighted by Gasteiger charge is -2.38. The molecule has 12 nitrogen and oxygen atoms in total. The van der Waals surface area contributed by atoms with Crippen molar-refractivity contribution in [3.8, 4) is 11.3 Å². The lowest BCUT2D eigenvalue weighted by Crippen LogP contribution is -2.55. The van der Waals surface area contributed by atoms with Gasteiger partial charge in [0.15, 0.2) is 0 Å². The number of aromatic nitrogens is 3. The SMILES string of the molecule is [B]OC1CN(C(=O)Nc2cccc(-c3cc(Nc4ccc(C(=O)NCCO)cn4)c(=O)[nH]n3)c2)C1. The summed E-state index contributed by atoms with van der Waals surface area (Å²) in [5.41, 5.74) is 1.74. The van der Waals surface area contributed by atoms with Crippen LogP contribution in [0.4, 0.5) is 22.0 Å². The van der Waals surface area contributed by atoms with Crippen LogP contribution in [0.25, 0.3) is 11.3 Å². The second-order valence-corrected chi connectivity index (χ2v) is 7.71. The molecule has 3 aromatic rings. The number of anilines is 3. The summed E-state index contributed by atoms with van der Waals surface area (Å²) in [4.78, 5) is 42.3. The number of rotatable bonds is 8. The maximum absolute atomic E-state index is 12.3. The smallest absolute Gasteiger partial charge is 0.322 e. The van der Waals surface area contributed by atoms with Crippen LogP contribution in [-0.2, 0) is 4.65 Å². The van der Waals surface area contributed by atoms with E-state index >= 15 is 0 Å². The summed E-state index contributed by atoms with van der Waals surface area (Å²) in [6.45, 7) is 0.812. The van der Waals surface area contributed by atoms with Crippen LogP contribution in [0.5, 0.6) is 0 Å². The topological polar surface area (TPSA) is 162 Å². The Morgan fingerprint density at radius 1 is 1.23 bits per heavy atom. The molecule has 3 heterocycles. The fourth-order valence-electron chi connectivity index (χ4n) is 3.31. The van der Waals surface area contributed by atoms with E-state index in [4.69, 9.17) is 17.8 Å². The second kappa shape index (κ2) is 10.8. The molecule has 2 aromatic heterocycles. The van der Waals surface area contributed by atoms with Crippen molar-refractivity contribution in [2.45, 2.75) is 6.10 Å². The maximum atomic E-state index is 12.3. The Hall–Kier alpha value is -4.23. The maximum Gasteiger partial charge on any atom is 0.322 e. The molecule has 0 atom stereocenters. The highest BCUT2D eigenvalue weighted by Gasteiger charge is 2.29. The zero-order valence-electron chi connectivity index (χ0n) is 18.5. The molecule has 1 saturated heterocycles. The lowest BCUT2D eigenvalue weighted by molar-refractivity contribution is 0.0558. The van der Waals surface area contributed by atoms with Crippen molar-refractivity contribution < 1.29 is 19.3 Å². The Balaban J connectivity index is 1.46. The van der Waals surface area contributed by atoms with Crippen LogP contribution >= 0.6 is 0 Å². The highest BCUT2D eigenvalue weighted by Crippen LogP contribution is 2.23. The molecule has 3 amide bonds. The molecule has 0 unspecified atom stereocenters. The molecule has 1 aliphatic rings. The molecule has 1 aromatic carbocycles. The van der Waals surface area contributed by atoms with Crippen LogP contribution in [-0.4, -0.2) is 77.5 Å². The van der Waals surface area contributed by atoms with Gasteiger partial charge >= 0.3 is 6.03 Å². The highest BCUT2D eigenvalue weighted by molar-refractivity contribution is 5.98. The third kappa shape index (κ3) is 5.83. The van der Waals surface area contributed by atoms with Crippen molar-refractivity contribution >= 4 is 37.2 Å². The number of nitrogens with zero attached hydrogens (tertiary/aromatic N) is 3. The number of urea groups is 1. The number of likely N-dealkylation sites (tertiary alicyclic amines) is 1. The van der Waals surface area contributed by atoms with E-state index in [9.17, 15) is 14.4 Å². The van der Waals surface area contributed by atoms with E-state index in [0.29, 0.717) is 41.4 Å². The van der Waals surface area contributed by atoms with Crippen LogP contribution in [0.15, 0.2) is 53.5 Å². The minimum atomic E-state index is -0.459. The van der Waals surface area contributed by atoms with Crippen molar-refractivity contribution in [1.82, 2.24) is 25.4 Å². The van der Waals surface area contributed by atoms with Crippen molar-refractivity contribution in [3.05, 3.63) is 64.6 Å². The molecule has 1 aliphatic heterocycles. The number of hydrogen-bond donors (Lipinski definition) is 5. The minimum Gasteiger partial charge on any atom is -0.442 e. The van der Waals surface area contributed by atoms with Crippen LogP contribution in [0.1, 0.15) is 10.4 Å². The van der Waals surface area contributed by atoms with Gasteiger partial charge in [-0.05, 0) is 30.3 Å². The fourth-order valence-corrected chi connectivity index (χ4v) is 3.31. The number of nitrogens with one attached hydrogen (secondary N) is 4. The number of aliphatic hydroxyl groups is 1. The molecular formula is C22H22BN7O5. The third-order valence-electron chi connectivity index (χ3n) is 5.23. The number of carbonyl (C=O) groups excluding carboxylic acids is 2. The Kier molecular flexibility index (Phi) is 7.38. The Labute approximate surface area is 201 Å². The van der Waals surface area contributed by atoms with E-state index in [1.165, 1.54) is 6.20 Å². The minimum absolute atomic E-state index is 0.140. The van der Waals surface area contributed by atoms with Gasteiger partial charge in [0.2, 0.25) is 0 Å². The summed E-state index contributed by atoms with van der Waals surface area (Å²) < 4.78 is 4.69. The molecule has 178 valence electrons. The molecule has 35 heavy (non-hydrogen) atoms. The first-order valence-electron chi connectivity index (χ1n) is 10.7. The van der Waals surface area contributed by atoms with E-state index in [1.54, 1.807) is 47.4 Å². The first-order chi connectivity index (χ1) is 17.0. The number of aliphatic hydroxyl groups excluding tert-OH is 1. The van der Waals surface area contributed by atoms with E-state index in [0.717, 1.165) is 0 Å².